The summed E-state index contributed by atoms with van der Waals surface area (Å²) in [5.74, 6) is 1.01. The topological polar surface area (TPSA) is 32.3 Å². The molecular weight excluding hydrogens is 296 g/mol. The fraction of sp³-hybridized carbons (Fsp3) is 0.611. The van der Waals surface area contributed by atoms with Gasteiger partial charge in [0.15, 0.2) is 0 Å². The molecule has 1 aliphatic heterocycles. The van der Waals surface area contributed by atoms with Gasteiger partial charge >= 0.3 is 0 Å². The van der Waals surface area contributed by atoms with E-state index in [0.717, 1.165) is 45.4 Å². The standard InChI is InChI=1S/C18H28N2O.ClH/c1-15(2)14-17-8-6-16(7-9-17)4-3-5-18(21)20-12-10-19-11-13-20;/h6-9,15,19H,3-5,10-14H2,1-2H3;1H. The quantitative estimate of drug-likeness (QED) is 0.872. The van der Waals surface area contributed by atoms with Gasteiger partial charge in [-0.3, -0.25) is 4.79 Å². The Balaban J connectivity index is 0.00000242. The average Bonchev–Trinajstić information content (AvgIpc) is 2.49. The predicted molar refractivity (Wildman–Crippen MR) is 94.6 cm³/mol. The molecule has 4 heteroatoms. The predicted octanol–water partition coefficient (Wildman–Crippen LogP) is 3.06. The SMILES string of the molecule is CC(C)Cc1ccc(CCCC(=O)N2CCNCC2)cc1.Cl. The number of rotatable bonds is 6. The lowest BCUT2D eigenvalue weighted by atomic mass is 10.00. The molecule has 0 radical (unpaired) electrons. The smallest absolute Gasteiger partial charge is 0.222 e. The molecule has 1 fully saturated rings. The Morgan fingerprint density at radius 1 is 1.14 bits per heavy atom. The van der Waals surface area contributed by atoms with Crippen molar-refractivity contribution in [3.63, 3.8) is 0 Å². The lowest BCUT2D eigenvalue weighted by Gasteiger charge is -2.27. The maximum Gasteiger partial charge on any atom is 0.222 e. The Labute approximate surface area is 140 Å². The zero-order valence-corrected chi connectivity index (χ0v) is 14.6. The third-order valence-corrected chi connectivity index (χ3v) is 3.99. The highest BCUT2D eigenvalue weighted by Crippen LogP contribution is 2.12. The minimum atomic E-state index is 0. The Morgan fingerprint density at radius 2 is 1.73 bits per heavy atom. The van der Waals surface area contributed by atoms with Gasteiger partial charge in [0.05, 0.1) is 0 Å². The van der Waals surface area contributed by atoms with Gasteiger partial charge in [-0.05, 0) is 36.3 Å². The van der Waals surface area contributed by atoms with Gasteiger partial charge < -0.3 is 10.2 Å². The van der Waals surface area contributed by atoms with Crippen molar-refractivity contribution in [2.75, 3.05) is 26.2 Å². The molecule has 3 nitrogen and oxygen atoms in total. The van der Waals surface area contributed by atoms with Gasteiger partial charge in [-0.1, -0.05) is 38.1 Å². The van der Waals surface area contributed by atoms with Crippen LogP contribution in [-0.4, -0.2) is 37.0 Å². The van der Waals surface area contributed by atoms with E-state index in [4.69, 9.17) is 0 Å². The first kappa shape index (κ1) is 19.0. The molecule has 0 aromatic heterocycles. The first-order valence-corrected chi connectivity index (χ1v) is 8.21. The van der Waals surface area contributed by atoms with Crippen molar-refractivity contribution in [2.45, 2.75) is 39.5 Å². The number of nitrogens with one attached hydrogen (secondary N) is 1. The molecule has 0 bridgehead atoms. The van der Waals surface area contributed by atoms with Gasteiger partial charge in [-0.2, -0.15) is 0 Å². The summed E-state index contributed by atoms with van der Waals surface area (Å²) in [6.07, 6.45) is 3.77. The number of piperazine rings is 1. The van der Waals surface area contributed by atoms with Crippen LogP contribution in [0.4, 0.5) is 0 Å². The van der Waals surface area contributed by atoms with E-state index in [0.29, 0.717) is 18.2 Å². The van der Waals surface area contributed by atoms with Gasteiger partial charge in [-0.25, -0.2) is 0 Å². The normalized spacial score (nSPS) is 14.8. The van der Waals surface area contributed by atoms with Crippen LogP contribution in [0.15, 0.2) is 24.3 Å². The van der Waals surface area contributed by atoms with Gasteiger partial charge in [0.2, 0.25) is 5.91 Å². The minimum Gasteiger partial charge on any atom is -0.340 e. The van der Waals surface area contributed by atoms with Crippen molar-refractivity contribution < 1.29 is 4.79 Å². The molecule has 1 N–H and O–H groups in total. The van der Waals surface area contributed by atoms with Gasteiger partial charge in [0, 0.05) is 32.6 Å². The third kappa shape index (κ3) is 6.37. The number of aryl methyl sites for hydroxylation is 1. The molecule has 0 aliphatic carbocycles. The number of hydrogen-bond acceptors (Lipinski definition) is 2. The lowest BCUT2D eigenvalue weighted by Crippen LogP contribution is -2.46. The van der Waals surface area contributed by atoms with E-state index in [2.05, 4.69) is 43.4 Å². The molecule has 2 rings (SSSR count). The molecule has 0 spiro atoms. The maximum atomic E-state index is 12.1. The minimum absolute atomic E-state index is 0. The largest absolute Gasteiger partial charge is 0.340 e. The van der Waals surface area contributed by atoms with E-state index in [-0.39, 0.29) is 12.4 Å². The van der Waals surface area contributed by atoms with Crippen molar-refractivity contribution in [1.82, 2.24) is 10.2 Å². The van der Waals surface area contributed by atoms with Crippen molar-refractivity contribution in [1.29, 1.82) is 0 Å². The van der Waals surface area contributed by atoms with E-state index in [1.165, 1.54) is 11.1 Å². The van der Waals surface area contributed by atoms with Gasteiger partial charge in [-0.15, -0.1) is 12.4 Å². The molecule has 1 aliphatic rings. The first-order chi connectivity index (χ1) is 10.1. The van der Waals surface area contributed by atoms with E-state index in [9.17, 15) is 4.79 Å². The molecule has 1 amide bonds. The van der Waals surface area contributed by atoms with E-state index in [1.807, 2.05) is 4.90 Å². The third-order valence-electron chi connectivity index (χ3n) is 3.99. The number of nitrogens with zero attached hydrogens (tertiary/aromatic N) is 1. The van der Waals surface area contributed by atoms with Crippen molar-refractivity contribution >= 4 is 18.3 Å². The Kier molecular flexibility index (Phi) is 8.51. The Morgan fingerprint density at radius 3 is 2.32 bits per heavy atom. The number of carbonyl (C=O) groups excluding carboxylic acids is 1. The van der Waals surface area contributed by atoms with Crippen LogP contribution < -0.4 is 5.32 Å². The average molecular weight is 325 g/mol. The number of halogens is 1. The van der Waals surface area contributed by atoms with Crippen LogP contribution in [0, 0.1) is 5.92 Å². The Hall–Kier alpha value is -1.06. The molecule has 0 unspecified atom stereocenters. The summed E-state index contributed by atoms with van der Waals surface area (Å²) < 4.78 is 0. The summed E-state index contributed by atoms with van der Waals surface area (Å²) in [6, 6.07) is 8.89. The first-order valence-electron chi connectivity index (χ1n) is 8.21. The number of amides is 1. The summed E-state index contributed by atoms with van der Waals surface area (Å²) in [5, 5.41) is 3.28. The molecule has 0 atom stereocenters. The van der Waals surface area contributed by atoms with E-state index in [1.54, 1.807) is 0 Å². The van der Waals surface area contributed by atoms with Gasteiger partial charge in [0.1, 0.15) is 0 Å². The maximum absolute atomic E-state index is 12.1. The molecule has 124 valence electrons. The highest BCUT2D eigenvalue weighted by molar-refractivity contribution is 5.85. The molecular formula is C18H29ClN2O. The second-order valence-corrected chi connectivity index (χ2v) is 6.40. The zero-order valence-electron chi connectivity index (χ0n) is 13.8. The van der Waals surface area contributed by atoms with Crippen molar-refractivity contribution in [2.24, 2.45) is 5.92 Å². The number of carbonyl (C=O) groups is 1. The molecule has 1 saturated heterocycles. The lowest BCUT2D eigenvalue weighted by molar-refractivity contribution is -0.131. The highest BCUT2D eigenvalue weighted by Gasteiger charge is 2.15. The molecule has 1 aromatic rings. The second kappa shape index (κ2) is 9.86. The number of hydrogen-bond donors (Lipinski definition) is 1. The Bertz CT molecular complexity index is 439. The summed E-state index contributed by atoms with van der Waals surface area (Å²) in [6.45, 7) is 8.09. The summed E-state index contributed by atoms with van der Waals surface area (Å²) >= 11 is 0. The van der Waals surface area contributed by atoms with Crippen molar-refractivity contribution in [3.05, 3.63) is 35.4 Å². The molecule has 22 heavy (non-hydrogen) atoms. The fourth-order valence-corrected chi connectivity index (χ4v) is 2.83. The summed E-state index contributed by atoms with van der Waals surface area (Å²) in [4.78, 5) is 14.1. The summed E-state index contributed by atoms with van der Waals surface area (Å²) in [5.41, 5.74) is 2.75. The van der Waals surface area contributed by atoms with Crippen LogP contribution in [0.2, 0.25) is 0 Å². The van der Waals surface area contributed by atoms with Gasteiger partial charge in [0.25, 0.3) is 0 Å². The van der Waals surface area contributed by atoms with Crippen LogP contribution in [0.3, 0.4) is 0 Å². The summed E-state index contributed by atoms with van der Waals surface area (Å²) in [7, 11) is 0. The van der Waals surface area contributed by atoms with Crippen LogP contribution in [0.1, 0.15) is 37.8 Å². The molecule has 0 saturated carbocycles. The van der Waals surface area contributed by atoms with Crippen LogP contribution in [0.5, 0.6) is 0 Å². The van der Waals surface area contributed by atoms with Crippen LogP contribution in [0.25, 0.3) is 0 Å². The van der Waals surface area contributed by atoms with E-state index >= 15 is 0 Å². The van der Waals surface area contributed by atoms with Crippen molar-refractivity contribution in [3.8, 4) is 0 Å². The zero-order chi connectivity index (χ0) is 15.1. The number of benzene rings is 1. The fourth-order valence-electron chi connectivity index (χ4n) is 2.83. The molecule has 1 heterocycles. The van der Waals surface area contributed by atoms with Crippen LogP contribution >= 0.6 is 12.4 Å². The second-order valence-electron chi connectivity index (χ2n) is 6.40. The molecule has 1 aromatic carbocycles. The van der Waals surface area contributed by atoms with E-state index < -0.39 is 0 Å². The monoisotopic (exact) mass is 324 g/mol. The van der Waals surface area contributed by atoms with Crippen LogP contribution in [-0.2, 0) is 17.6 Å². The highest BCUT2D eigenvalue weighted by atomic mass is 35.5.